The maximum absolute atomic E-state index is 11.8. The lowest BCUT2D eigenvalue weighted by molar-refractivity contribution is -0.142. The van der Waals surface area contributed by atoms with Crippen molar-refractivity contribution in [1.29, 1.82) is 0 Å². The molecule has 7 heteroatoms. The van der Waals surface area contributed by atoms with Gasteiger partial charge in [0.2, 0.25) is 0 Å². The first-order valence-corrected chi connectivity index (χ1v) is 8.92. The van der Waals surface area contributed by atoms with Gasteiger partial charge in [-0.2, -0.15) is 5.10 Å². The molecule has 2 rings (SSSR count). The average molecular weight is 314 g/mol. The van der Waals surface area contributed by atoms with Crippen LogP contribution in [0.4, 0.5) is 0 Å². The van der Waals surface area contributed by atoms with Crippen molar-refractivity contribution in [2.24, 2.45) is 0 Å². The van der Waals surface area contributed by atoms with E-state index in [1.54, 1.807) is 11.6 Å². The number of ether oxygens (including phenoxy) is 1. The van der Waals surface area contributed by atoms with Gasteiger partial charge in [-0.25, -0.2) is 8.42 Å². The van der Waals surface area contributed by atoms with Crippen LogP contribution in [0.1, 0.15) is 37.2 Å². The van der Waals surface area contributed by atoms with E-state index >= 15 is 0 Å². The normalized spacial score (nSPS) is 24.2. The van der Waals surface area contributed by atoms with Crippen molar-refractivity contribution in [3.8, 4) is 0 Å². The quantitative estimate of drug-likeness (QED) is 0.779. The number of aromatic nitrogens is 2. The predicted molar refractivity (Wildman–Crippen MR) is 79.0 cm³/mol. The number of carbonyl (C=O) groups excluding carboxylic acids is 1. The van der Waals surface area contributed by atoms with Crippen molar-refractivity contribution in [1.82, 2.24) is 9.78 Å². The van der Waals surface area contributed by atoms with Crippen LogP contribution in [0.2, 0.25) is 0 Å². The van der Waals surface area contributed by atoms with Gasteiger partial charge in [-0.3, -0.25) is 9.48 Å². The van der Waals surface area contributed by atoms with Crippen molar-refractivity contribution >= 4 is 15.8 Å². The molecule has 1 unspecified atom stereocenters. The molecule has 1 aliphatic rings. The van der Waals surface area contributed by atoms with Crippen LogP contribution < -0.4 is 0 Å². The molecule has 0 saturated carbocycles. The molecule has 1 aliphatic heterocycles. The zero-order chi connectivity index (χ0) is 15.8. The zero-order valence-electron chi connectivity index (χ0n) is 13.0. The number of rotatable bonds is 4. The van der Waals surface area contributed by atoms with E-state index in [2.05, 4.69) is 5.10 Å². The van der Waals surface area contributed by atoms with Crippen LogP contribution in [-0.4, -0.2) is 42.3 Å². The minimum Gasteiger partial charge on any atom is -0.466 e. The van der Waals surface area contributed by atoms with Crippen LogP contribution in [0.5, 0.6) is 0 Å². The zero-order valence-corrected chi connectivity index (χ0v) is 13.8. The highest BCUT2D eigenvalue weighted by atomic mass is 32.2. The Morgan fingerprint density at radius 2 is 2.10 bits per heavy atom. The largest absolute Gasteiger partial charge is 0.466 e. The summed E-state index contributed by atoms with van der Waals surface area (Å²) in [5.41, 5.74) is 1.91. The third-order valence-corrected chi connectivity index (χ3v) is 5.95. The molecule has 1 aromatic heterocycles. The Morgan fingerprint density at radius 3 is 2.62 bits per heavy atom. The van der Waals surface area contributed by atoms with Gasteiger partial charge >= 0.3 is 5.97 Å². The maximum atomic E-state index is 11.8. The fourth-order valence-corrected chi connectivity index (χ4v) is 5.08. The summed E-state index contributed by atoms with van der Waals surface area (Å²) < 4.78 is 30.3. The van der Waals surface area contributed by atoms with Crippen molar-refractivity contribution in [3.63, 3.8) is 0 Å². The van der Waals surface area contributed by atoms with Gasteiger partial charge < -0.3 is 4.74 Å². The van der Waals surface area contributed by atoms with Crippen LogP contribution in [-0.2, 0) is 31.3 Å². The lowest BCUT2D eigenvalue weighted by atomic mass is 10.0. The highest BCUT2D eigenvalue weighted by molar-refractivity contribution is 7.91. The van der Waals surface area contributed by atoms with Gasteiger partial charge in [0.1, 0.15) is 0 Å². The van der Waals surface area contributed by atoms with Crippen molar-refractivity contribution in [3.05, 3.63) is 17.0 Å². The summed E-state index contributed by atoms with van der Waals surface area (Å²) in [5, 5.41) is 4.49. The molecule has 118 valence electrons. The highest BCUT2D eigenvalue weighted by Gasteiger charge is 2.41. The lowest BCUT2D eigenvalue weighted by Crippen LogP contribution is -2.33. The third kappa shape index (κ3) is 3.12. The number of hydrogen-bond donors (Lipinski definition) is 0. The van der Waals surface area contributed by atoms with E-state index in [-0.39, 0.29) is 23.9 Å². The molecule has 0 radical (unpaired) electrons. The number of hydrogen-bond acceptors (Lipinski definition) is 5. The number of esters is 1. The van der Waals surface area contributed by atoms with Crippen molar-refractivity contribution < 1.29 is 17.9 Å². The molecule has 1 aromatic rings. The van der Waals surface area contributed by atoms with Crippen LogP contribution >= 0.6 is 0 Å². The summed E-state index contributed by atoms with van der Waals surface area (Å²) in [6.45, 7) is 7.74. The van der Waals surface area contributed by atoms with E-state index in [0.29, 0.717) is 13.0 Å². The fraction of sp³-hybridized carbons (Fsp3) is 0.714. The monoisotopic (exact) mass is 314 g/mol. The van der Waals surface area contributed by atoms with Gasteiger partial charge in [0.25, 0.3) is 0 Å². The minimum atomic E-state index is -3.01. The summed E-state index contributed by atoms with van der Waals surface area (Å²) in [4.78, 5) is 11.7. The molecule has 2 heterocycles. The van der Waals surface area contributed by atoms with E-state index in [1.807, 2.05) is 20.8 Å². The first kappa shape index (κ1) is 16.0. The molecule has 0 aliphatic carbocycles. The number of sulfone groups is 1. The predicted octanol–water partition coefficient (Wildman–Crippen LogP) is 1.14. The second-order valence-electron chi connectivity index (χ2n) is 5.88. The molecule has 1 saturated heterocycles. The molecule has 1 atom stereocenters. The van der Waals surface area contributed by atoms with Crippen molar-refractivity contribution in [2.45, 2.75) is 46.1 Å². The molecule has 0 amide bonds. The second-order valence-corrected chi connectivity index (χ2v) is 8.07. The number of nitrogens with zero attached hydrogens (tertiary/aromatic N) is 2. The number of carbonyl (C=O) groups is 1. The van der Waals surface area contributed by atoms with Crippen LogP contribution in [0.3, 0.4) is 0 Å². The second kappa shape index (κ2) is 5.44. The van der Waals surface area contributed by atoms with Gasteiger partial charge in [0.15, 0.2) is 9.84 Å². The van der Waals surface area contributed by atoms with E-state index in [4.69, 9.17) is 4.74 Å². The van der Waals surface area contributed by atoms with Crippen LogP contribution in [0.25, 0.3) is 0 Å². The molecular formula is C14H22N2O4S. The molecule has 0 bridgehead atoms. The Bertz CT molecular complexity index is 663. The summed E-state index contributed by atoms with van der Waals surface area (Å²) in [6, 6.07) is 0. The molecule has 21 heavy (non-hydrogen) atoms. The Balaban J connectivity index is 2.33. The van der Waals surface area contributed by atoms with Gasteiger partial charge in [0, 0.05) is 11.3 Å². The molecule has 1 fully saturated rings. The molecule has 0 N–H and O–H groups in total. The SMILES string of the molecule is CCOC(=O)Cc1c(C)nn(C2(C)CCS(=O)(=O)C2)c1C. The Kier molecular flexibility index (Phi) is 4.15. The molecule has 6 nitrogen and oxygen atoms in total. The standard InChI is InChI=1S/C14H22N2O4S/c1-5-20-13(17)8-12-10(2)15-16(11(12)3)14(4)6-7-21(18,19)9-14/h5-9H2,1-4H3. The Labute approximate surface area is 125 Å². The highest BCUT2D eigenvalue weighted by Crippen LogP contribution is 2.32. The van der Waals surface area contributed by atoms with Gasteiger partial charge in [-0.15, -0.1) is 0 Å². The van der Waals surface area contributed by atoms with Crippen molar-refractivity contribution in [2.75, 3.05) is 18.1 Å². The molecule has 0 aromatic carbocycles. The van der Waals surface area contributed by atoms with Gasteiger partial charge in [0.05, 0.1) is 35.8 Å². The molecule has 0 spiro atoms. The smallest absolute Gasteiger partial charge is 0.310 e. The van der Waals surface area contributed by atoms with Gasteiger partial charge in [-0.1, -0.05) is 0 Å². The topological polar surface area (TPSA) is 78.3 Å². The first-order chi connectivity index (χ1) is 9.68. The van der Waals surface area contributed by atoms with Gasteiger partial charge in [-0.05, 0) is 34.1 Å². The van der Waals surface area contributed by atoms with E-state index in [9.17, 15) is 13.2 Å². The Hall–Kier alpha value is -1.37. The van der Waals surface area contributed by atoms with E-state index < -0.39 is 15.4 Å². The maximum Gasteiger partial charge on any atom is 0.310 e. The summed E-state index contributed by atoms with van der Waals surface area (Å²) in [7, 11) is -3.01. The summed E-state index contributed by atoms with van der Waals surface area (Å²) in [6.07, 6.45) is 0.727. The third-order valence-electron chi connectivity index (χ3n) is 4.06. The lowest BCUT2D eigenvalue weighted by Gasteiger charge is -2.24. The average Bonchev–Trinajstić information content (AvgIpc) is 2.81. The first-order valence-electron chi connectivity index (χ1n) is 7.10. The minimum absolute atomic E-state index is 0.0980. The van der Waals surface area contributed by atoms with Crippen LogP contribution in [0, 0.1) is 13.8 Å². The summed E-state index contributed by atoms with van der Waals surface area (Å²) >= 11 is 0. The summed E-state index contributed by atoms with van der Waals surface area (Å²) in [5.74, 6) is 0.00279. The molecular weight excluding hydrogens is 292 g/mol. The van der Waals surface area contributed by atoms with E-state index in [1.165, 1.54) is 0 Å². The Morgan fingerprint density at radius 1 is 1.43 bits per heavy atom. The van der Waals surface area contributed by atoms with Crippen LogP contribution in [0.15, 0.2) is 0 Å². The van der Waals surface area contributed by atoms with E-state index in [0.717, 1.165) is 17.0 Å². The number of aryl methyl sites for hydroxylation is 1. The fourth-order valence-electron chi connectivity index (χ4n) is 2.97.